The molecular formula is C16H14FNO9P2. The summed E-state index contributed by atoms with van der Waals surface area (Å²) in [6, 6.07) is 9.00. The summed E-state index contributed by atoms with van der Waals surface area (Å²) < 4.78 is 50.8. The van der Waals surface area contributed by atoms with Crippen LogP contribution in [0.3, 0.4) is 0 Å². The Hall–Kier alpha value is -2.52. The van der Waals surface area contributed by atoms with Crippen LogP contribution in [0.25, 0.3) is 22.2 Å². The van der Waals surface area contributed by atoms with Gasteiger partial charge in [-0.1, -0.05) is 12.1 Å². The van der Waals surface area contributed by atoms with Crippen LogP contribution >= 0.6 is 15.6 Å². The van der Waals surface area contributed by atoms with Crippen molar-refractivity contribution < 1.29 is 46.9 Å². The van der Waals surface area contributed by atoms with Crippen LogP contribution in [-0.4, -0.2) is 31.7 Å². The molecule has 1 aromatic heterocycles. The molecule has 0 atom stereocenters. The standard InChI is InChI=1S/C16H14FNO9P2/c1-25-13-6-5-11-15(16(13)27-29(22,23)24)14(26-28(19,20)21)8-12(18-11)9-3-2-4-10(17)7-9/h2-8H,1H3,(H2,19,20,21)(H2,22,23,24). The Morgan fingerprint density at radius 2 is 1.62 bits per heavy atom. The van der Waals surface area contributed by atoms with E-state index in [2.05, 4.69) is 9.51 Å². The number of hydrogen-bond donors (Lipinski definition) is 4. The number of methoxy groups -OCH3 is 1. The minimum atomic E-state index is -5.10. The van der Waals surface area contributed by atoms with Crippen molar-refractivity contribution in [2.45, 2.75) is 0 Å². The summed E-state index contributed by atoms with van der Waals surface area (Å²) in [7, 11) is -8.99. The van der Waals surface area contributed by atoms with Crippen molar-refractivity contribution >= 4 is 26.5 Å². The molecule has 1 heterocycles. The SMILES string of the molecule is COc1ccc2nc(-c3cccc(F)c3)cc(OP(=O)(O)O)c2c1OP(=O)(O)O. The predicted octanol–water partition coefficient (Wildman–Crippen LogP) is 2.99. The maximum Gasteiger partial charge on any atom is 0.524 e. The molecule has 3 rings (SSSR count). The van der Waals surface area contributed by atoms with Crippen molar-refractivity contribution in [1.82, 2.24) is 4.98 Å². The highest BCUT2D eigenvalue weighted by Gasteiger charge is 2.27. The highest BCUT2D eigenvalue weighted by Crippen LogP contribution is 2.51. The largest absolute Gasteiger partial charge is 0.524 e. The van der Waals surface area contributed by atoms with E-state index in [1.165, 1.54) is 37.4 Å². The molecule has 4 N–H and O–H groups in total. The van der Waals surface area contributed by atoms with Gasteiger partial charge in [-0.3, -0.25) is 19.6 Å². The maximum absolute atomic E-state index is 13.6. The third-order valence-corrected chi connectivity index (χ3v) is 4.48. The summed E-state index contributed by atoms with van der Waals surface area (Å²) >= 11 is 0. The number of pyridine rings is 1. The molecule has 0 spiro atoms. The molecule has 0 aliphatic rings. The number of halogens is 1. The van der Waals surface area contributed by atoms with Crippen molar-refractivity contribution in [3.8, 4) is 28.5 Å². The van der Waals surface area contributed by atoms with Gasteiger partial charge in [0, 0.05) is 11.6 Å². The zero-order valence-corrected chi connectivity index (χ0v) is 16.4. The minimum absolute atomic E-state index is 0.000499. The molecule has 0 unspecified atom stereocenters. The lowest BCUT2D eigenvalue weighted by atomic mass is 10.1. The number of aromatic nitrogens is 1. The van der Waals surface area contributed by atoms with Gasteiger partial charge in [-0.2, -0.15) is 0 Å². The van der Waals surface area contributed by atoms with E-state index in [1.807, 2.05) is 0 Å². The fraction of sp³-hybridized carbons (Fsp3) is 0.0625. The Labute approximate surface area is 163 Å². The number of phosphoric ester groups is 2. The summed E-state index contributed by atoms with van der Waals surface area (Å²) in [6.07, 6.45) is 0. The van der Waals surface area contributed by atoms with Crippen molar-refractivity contribution in [2.75, 3.05) is 7.11 Å². The van der Waals surface area contributed by atoms with Crippen molar-refractivity contribution in [3.05, 3.63) is 48.3 Å². The number of rotatable bonds is 6. The monoisotopic (exact) mass is 445 g/mol. The molecule has 13 heteroatoms. The highest BCUT2D eigenvalue weighted by atomic mass is 31.2. The van der Waals surface area contributed by atoms with Crippen LogP contribution in [-0.2, 0) is 9.13 Å². The average Bonchev–Trinajstić information content (AvgIpc) is 2.59. The molecule has 0 aliphatic carbocycles. The topological polar surface area (TPSA) is 156 Å². The fourth-order valence-electron chi connectivity index (χ4n) is 2.61. The van der Waals surface area contributed by atoms with Crippen LogP contribution < -0.4 is 13.8 Å². The first-order valence-electron chi connectivity index (χ1n) is 7.75. The van der Waals surface area contributed by atoms with E-state index in [0.717, 1.165) is 12.1 Å². The van der Waals surface area contributed by atoms with E-state index in [4.69, 9.17) is 9.26 Å². The zero-order chi connectivity index (χ0) is 21.4. The van der Waals surface area contributed by atoms with Crippen LogP contribution in [0.2, 0.25) is 0 Å². The fourth-order valence-corrected chi connectivity index (χ4v) is 3.43. The van der Waals surface area contributed by atoms with E-state index in [-0.39, 0.29) is 27.9 Å². The van der Waals surface area contributed by atoms with Gasteiger partial charge in [-0.05, 0) is 24.3 Å². The molecule has 29 heavy (non-hydrogen) atoms. The minimum Gasteiger partial charge on any atom is -0.493 e. The molecule has 154 valence electrons. The molecule has 2 aromatic carbocycles. The van der Waals surface area contributed by atoms with Crippen LogP contribution in [0.4, 0.5) is 4.39 Å². The lowest BCUT2D eigenvalue weighted by Gasteiger charge is -2.17. The van der Waals surface area contributed by atoms with Crippen molar-refractivity contribution in [2.24, 2.45) is 0 Å². The van der Waals surface area contributed by atoms with Gasteiger partial charge in [0.25, 0.3) is 0 Å². The van der Waals surface area contributed by atoms with E-state index in [1.54, 1.807) is 0 Å². The van der Waals surface area contributed by atoms with E-state index in [9.17, 15) is 33.1 Å². The number of nitrogens with zero attached hydrogens (tertiary/aromatic N) is 1. The molecule has 0 radical (unpaired) electrons. The van der Waals surface area contributed by atoms with E-state index >= 15 is 0 Å². The van der Waals surface area contributed by atoms with Crippen LogP contribution in [0.5, 0.6) is 17.2 Å². The maximum atomic E-state index is 13.6. The highest BCUT2D eigenvalue weighted by molar-refractivity contribution is 7.47. The van der Waals surface area contributed by atoms with Gasteiger partial charge in [-0.15, -0.1) is 0 Å². The van der Waals surface area contributed by atoms with Crippen molar-refractivity contribution in [1.29, 1.82) is 0 Å². The molecular weight excluding hydrogens is 431 g/mol. The summed E-state index contributed by atoms with van der Waals surface area (Å²) in [5.74, 6) is -1.73. The Kier molecular flexibility index (Phi) is 5.64. The van der Waals surface area contributed by atoms with Gasteiger partial charge >= 0.3 is 15.6 Å². The third-order valence-electron chi connectivity index (χ3n) is 3.62. The summed E-state index contributed by atoms with van der Waals surface area (Å²) in [6.45, 7) is 0. The molecule has 0 saturated heterocycles. The Balaban J connectivity index is 2.36. The predicted molar refractivity (Wildman–Crippen MR) is 99.0 cm³/mol. The van der Waals surface area contributed by atoms with Gasteiger partial charge in [0.05, 0.1) is 23.7 Å². The first-order valence-corrected chi connectivity index (χ1v) is 10.8. The van der Waals surface area contributed by atoms with Gasteiger partial charge in [0.15, 0.2) is 11.5 Å². The lowest BCUT2D eigenvalue weighted by Crippen LogP contribution is -1.99. The molecule has 0 fully saturated rings. The number of phosphoric acid groups is 2. The van der Waals surface area contributed by atoms with Gasteiger partial charge < -0.3 is 13.8 Å². The van der Waals surface area contributed by atoms with Crippen LogP contribution in [0, 0.1) is 5.82 Å². The first-order chi connectivity index (χ1) is 13.5. The second-order valence-electron chi connectivity index (χ2n) is 5.67. The summed E-state index contributed by atoms with van der Waals surface area (Å²) in [5.41, 5.74) is 0.364. The molecule has 0 aliphatic heterocycles. The van der Waals surface area contributed by atoms with Gasteiger partial charge in [0.2, 0.25) is 0 Å². The second kappa shape index (κ2) is 7.72. The second-order valence-corrected chi connectivity index (χ2v) is 8.00. The zero-order valence-electron chi connectivity index (χ0n) is 14.6. The summed E-state index contributed by atoms with van der Waals surface area (Å²) in [4.78, 5) is 41.2. The number of hydrogen-bond acceptors (Lipinski definition) is 6. The van der Waals surface area contributed by atoms with Gasteiger partial charge in [-0.25, -0.2) is 18.5 Å². The van der Waals surface area contributed by atoms with Crippen molar-refractivity contribution in [3.63, 3.8) is 0 Å². The van der Waals surface area contributed by atoms with E-state index < -0.39 is 33.0 Å². The Morgan fingerprint density at radius 3 is 2.21 bits per heavy atom. The normalized spacial score (nSPS) is 12.1. The lowest BCUT2D eigenvalue weighted by molar-refractivity contribution is 0.277. The quantitative estimate of drug-likeness (QED) is 0.416. The Morgan fingerprint density at radius 1 is 0.931 bits per heavy atom. The molecule has 0 bridgehead atoms. The Bertz CT molecular complexity index is 1170. The molecule has 3 aromatic rings. The molecule has 0 saturated carbocycles. The first kappa shape index (κ1) is 21.2. The average molecular weight is 445 g/mol. The van der Waals surface area contributed by atoms with Crippen LogP contribution in [0.1, 0.15) is 0 Å². The summed E-state index contributed by atoms with van der Waals surface area (Å²) in [5, 5.41) is -0.254. The number of ether oxygens (including phenoxy) is 1. The molecule has 0 amide bonds. The molecule has 10 nitrogen and oxygen atoms in total. The third kappa shape index (κ3) is 5.10. The van der Waals surface area contributed by atoms with E-state index in [0.29, 0.717) is 0 Å². The number of fused-ring (bicyclic) bond motifs is 1. The smallest absolute Gasteiger partial charge is 0.493 e. The number of benzene rings is 2. The van der Waals surface area contributed by atoms with Crippen LogP contribution in [0.15, 0.2) is 42.5 Å². The van der Waals surface area contributed by atoms with Gasteiger partial charge in [0.1, 0.15) is 11.6 Å².